The zero-order valence-corrected chi connectivity index (χ0v) is 33.7. The minimum atomic E-state index is -0.0225. The molecule has 10 aromatic rings. The third-order valence-electron chi connectivity index (χ3n) is 10.9. The molecular weight excluding hydrogens is 765 g/mol. The molecule has 62 heavy (non-hydrogen) atoms. The van der Waals surface area contributed by atoms with Crippen molar-refractivity contribution < 1.29 is 9.84 Å². The maximum atomic E-state index is 9.57. The number of ether oxygens (including phenoxy) is 1. The Bertz CT molecular complexity index is 2950. The van der Waals surface area contributed by atoms with E-state index in [2.05, 4.69) is 84.9 Å². The van der Waals surface area contributed by atoms with E-state index < -0.39 is 0 Å². The van der Waals surface area contributed by atoms with E-state index >= 15 is 0 Å². The molecule has 0 spiro atoms. The Hall–Kier alpha value is -8.20. The molecule has 0 unspecified atom stereocenters. The molecule has 0 amide bonds. The van der Waals surface area contributed by atoms with E-state index in [4.69, 9.17) is 34.6 Å². The summed E-state index contributed by atoms with van der Waals surface area (Å²) in [6.07, 6.45) is 0. The van der Waals surface area contributed by atoms with Gasteiger partial charge in [-0.05, 0) is 75.0 Å². The fourth-order valence-electron chi connectivity index (χ4n) is 7.43. The van der Waals surface area contributed by atoms with Gasteiger partial charge >= 0.3 is 0 Å². The van der Waals surface area contributed by atoms with E-state index in [0.29, 0.717) is 34.9 Å². The number of aromatic nitrogens is 6. The average molecular weight is 803 g/mol. The molecular formula is C54H38N6O2. The molecule has 0 bridgehead atoms. The summed E-state index contributed by atoms with van der Waals surface area (Å²) >= 11 is 0. The van der Waals surface area contributed by atoms with Crippen molar-refractivity contribution >= 4 is 10.8 Å². The Morgan fingerprint density at radius 3 is 0.984 bits per heavy atom. The Kier molecular flexibility index (Phi) is 10.3. The van der Waals surface area contributed by atoms with Crippen molar-refractivity contribution in [2.75, 3.05) is 7.11 Å². The first-order valence-corrected chi connectivity index (χ1v) is 20.3. The molecule has 0 aliphatic heterocycles. The van der Waals surface area contributed by atoms with Crippen molar-refractivity contribution in [1.29, 1.82) is 0 Å². The lowest BCUT2D eigenvalue weighted by molar-refractivity contribution is 0.282. The summed E-state index contributed by atoms with van der Waals surface area (Å²) in [5, 5.41) is 11.9. The normalized spacial score (nSPS) is 11.1. The van der Waals surface area contributed by atoms with Crippen molar-refractivity contribution in [2.24, 2.45) is 0 Å². The highest BCUT2D eigenvalue weighted by Crippen LogP contribution is 2.33. The van der Waals surface area contributed by atoms with Crippen LogP contribution in [0.2, 0.25) is 0 Å². The fraction of sp³-hybridized carbons (Fsp3) is 0.0370. The third kappa shape index (κ3) is 7.93. The van der Waals surface area contributed by atoms with Crippen LogP contribution in [0.3, 0.4) is 0 Å². The number of aliphatic hydroxyl groups is 1. The van der Waals surface area contributed by atoms with Crippen LogP contribution in [-0.2, 0) is 6.61 Å². The highest BCUT2D eigenvalue weighted by atomic mass is 16.5. The van der Waals surface area contributed by atoms with E-state index in [9.17, 15) is 5.11 Å². The number of benzene rings is 8. The monoisotopic (exact) mass is 802 g/mol. The number of hydrogen-bond acceptors (Lipinski definition) is 8. The standard InChI is InChI=1S/C54H38N6O2/c1-62-48-30-28-44(29-31-48)54-58-50(40-10-6-3-7-11-40)57-53(60-54)43-24-18-37(19-25-43)46-27-21-38-20-26-45(32-47(38)33-46)36-16-22-42(23-17-36)52-56-49(39-8-4-2-5-9-39)55-51(59-52)41-14-12-35(34-61)13-15-41/h2-33,61H,34H2,1H3. The molecule has 0 fully saturated rings. The van der Waals surface area contributed by atoms with Gasteiger partial charge in [0.15, 0.2) is 34.9 Å². The molecule has 8 nitrogen and oxygen atoms in total. The molecule has 10 rings (SSSR count). The van der Waals surface area contributed by atoms with E-state index in [1.165, 1.54) is 0 Å². The molecule has 0 aliphatic carbocycles. The Morgan fingerprint density at radius 2 is 0.629 bits per heavy atom. The summed E-state index contributed by atoms with van der Waals surface area (Å²) in [5.74, 6) is 4.35. The summed E-state index contributed by atoms with van der Waals surface area (Å²) in [6, 6.07) is 65.2. The number of rotatable bonds is 10. The zero-order valence-electron chi connectivity index (χ0n) is 33.7. The molecule has 2 aromatic heterocycles. The predicted molar refractivity (Wildman–Crippen MR) is 247 cm³/mol. The van der Waals surface area contributed by atoms with Gasteiger partial charge in [-0.1, -0.05) is 158 Å². The molecule has 1 N–H and O–H groups in total. The second-order valence-electron chi connectivity index (χ2n) is 14.9. The third-order valence-corrected chi connectivity index (χ3v) is 10.9. The van der Waals surface area contributed by atoms with Gasteiger partial charge in [-0.25, -0.2) is 29.9 Å². The molecule has 8 aromatic carbocycles. The van der Waals surface area contributed by atoms with Gasteiger partial charge in [-0.2, -0.15) is 0 Å². The number of nitrogens with zero attached hydrogens (tertiary/aromatic N) is 6. The van der Waals surface area contributed by atoms with Crippen LogP contribution < -0.4 is 4.74 Å². The SMILES string of the molecule is COc1ccc(-c2nc(-c3ccccc3)nc(-c3ccc(-c4ccc5ccc(-c6ccc(-c7nc(-c8ccccc8)nc(-c8ccc(CO)cc8)n7)cc6)cc5c4)cc3)n2)cc1. The largest absolute Gasteiger partial charge is 0.497 e. The van der Waals surface area contributed by atoms with Gasteiger partial charge in [0.2, 0.25) is 0 Å². The molecule has 0 radical (unpaired) electrons. The van der Waals surface area contributed by atoms with Gasteiger partial charge in [0.1, 0.15) is 5.75 Å². The number of hydrogen-bond donors (Lipinski definition) is 1. The summed E-state index contributed by atoms with van der Waals surface area (Å²) in [6.45, 7) is -0.0225. The molecule has 0 saturated carbocycles. The van der Waals surface area contributed by atoms with Crippen LogP contribution in [0, 0.1) is 0 Å². The van der Waals surface area contributed by atoms with Gasteiger partial charge in [0.05, 0.1) is 13.7 Å². The van der Waals surface area contributed by atoms with Gasteiger partial charge in [0, 0.05) is 33.4 Å². The molecule has 0 aliphatic rings. The average Bonchev–Trinajstić information content (AvgIpc) is 3.36. The first-order valence-electron chi connectivity index (χ1n) is 20.3. The maximum absolute atomic E-state index is 9.57. The molecule has 0 atom stereocenters. The number of fused-ring (bicyclic) bond motifs is 1. The minimum Gasteiger partial charge on any atom is -0.497 e. The minimum absolute atomic E-state index is 0.0225. The van der Waals surface area contributed by atoms with Gasteiger partial charge < -0.3 is 9.84 Å². The molecule has 0 saturated heterocycles. The van der Waals surface area contributed by atoms with Crippen LogP contribution in [0.15, 0.2) is 194 Å². The van der Waals surface area contributed by atoms with Crippen LogP contribution >= 0.6 is 0 Å². The summed E-state index contributed by atoms with van der Waals surface area (Å²) < 4.78 is 5.38. The summed E-state index contributed by atoms with van der Waals surface area (Å²) in [5.41, 5.74) is 10.6. The first kappa shape index (κ1) is 38.0. The first-order chi connectivity index (χ1) is 30.6. The quantitative estimate of drug-likeness (QED) is 0.146. The van der Waals surface area contributed by atoms with Crippen molar-refractivity contribution in [1.82, 2.24) is 29.9 Å². The van der Waals surface area contributed by atoms with Crippen LogP contribution in [0.5, 0.6) is 5.75 Å². The van der Waals surface area contributed by atoms with Crippen LogP contribution in [0.1, 0.15) is 5.56 Å². The lowest BCUT2D eigenvalue weighted by Crippen LogP contribution is -2.00. The Morgan fingerprint density at radius 1 is 0.323 bits per heavy atom. The Balaban J connectivity index is 0.934. The highest BCUT2D eigenvalue weighted by Gasteiger charge is 2.15. The molecule has 2 heterocycles. The number of methoxy groups -OCH3 is 1. The lowest BCUT2D eigenvalue weighted by Gasteiger charge is -2.11. The Labute approximate surface area is 359 Å². The molecule has 8 heteroatoms. The van der Waals surface area contributed by atoms with Crippen LogP contribution in [0.4, 0.5) is 0 Å². The lowest BCUT2D eigenvalue weighted by atomic mass is 9.96. The summed E-state index contributed by atoms with van der Waals surface area (Å²) in [4.78, 5) is 29.3. The zero-order chi connectivity index (χ0) is 41.8. The maximum Gasteiger partial charge on any atom is 0.164 e. The summed E-state index contributed by atoms with van der Waals surface area (Å²) in [7, 11) is 1.66. The van der Waals surface area contributed by atoms with Crippen LogP contribution in [-0.4, -0.2) is 42.1 Å². The smallest absolute Gasteiger partial charge is 0.164 e. The van der Waals surface area contributed by atoms with Crippen molar-refractivity contribution in [3.8, 4) is 96.3 Å². The van der Waals surface area contributed by atoms with E-state index in [-0.39, 0.29) is 6.61 Å². The van der Waals surface area contributed by atoms with Gasteiger partial charge in [-0.3, -0.25) is 0 Å². The second kappa shape index (κ2) is 16.8. The number of aliphatic hydroxyl groups excluding tert-OH is 1. The highest BCUT2D eigenvalue weighted by molar-refractivity contribution is 5.91. The van der Waals surface area contributed by atoms with Crippen LogP contribution in [0.25, 0.3) is 101 Å². The van der Waals surface area contributed by atoms with E-state index in [1.807, 2.05) is 109 Å². The van der Waals surface area contributed by atoms with E-state index in [0.717, 1.165) is 77.7 Å². The van der Waals surface area contributed by atoms with Gasteiger partial charge in [0.25, 0.3) is 0 Å². The fourth-order valence-corrected chi connectivity index (χ4v) is 7.43. The van der Waals surface area contributed by atoms with Crippen molar-refractivity contribution in [2.45, 2.75) is 6.61 Å². The predicted octanol–water partition coefficient (Wildman–Crippen LogP) is 12.0. The molecule has 296 valence electrons. The van der Waals surface area contributed by atoms with Gasteiger partial charge in [-0.15, -0.1) is 0 Å². The van der Waals surface area contributed by atoms with Crippen molar-refractivity contribution in [3.05, 3.63) is 200 Å². The van der Waals surface area contributed by atoms with E-state index in [1.54, 1.807) is 7.11 Å². The van der Waals surface area contributed by atoms with Crippen molar-refractivity contribution in [3.63, 3.8) is 0 Å². The topological polar surface area (TPSA) is 107 Å². The second-order valence-corrected chi connectivity index (χ2v) is 14.9.